The molecule has 0 saturated carbocycles. The summed E-state index contributed by atoms with van der Waals surface area (Å²) in [5.41, 5.74) is 0. The molecule has 478 valence electrons. The minimum atomic E-state index is -0.872. The summed E-state index contributed by atoms with van der Waals surface area (Å²) in [6.07, 6.45) is 102. The Labute approximate surface area is 509 Å². The number of rotatable bonds is 70. The zero-order valence-electron chi connectivity index (χ0n) is 55.3. The molecule has 0 bridgehead atoms. The number of aliphatic hydroxyl groups excluding tert-OH is 2. The van der Waals surface area contributed by atoms with Crippen LogP contribution in [0.25, 0.3) is 0 Å². The lowest BCUT2D eigenvalue weighted by Gasteiger charge is -2.19. The molecule has 0 spiro atoms. The van der Waals surface area contributed by atoms with E-state index >= 15 is 0 Å². The molecule has 0 aliphatic carbocycles. The van der Waals surface area contributed by atoms with Crippen molar-refractivity contribution in [1.29, 1.82) is 0 Å². The van der Waals surface area contributed by atoms with Crippen LogP contribution < -0.4 is 5.32 Å². The van der Waals surface area contributed by atoms with Crippen LogP contribution in [-0.4, -0.2) is 34.9 Å². The van der Waals surface area contributed by atoms with Gasteiger partial charge in [-0.25, -0.2) is 0 Å². The zero-order valence-corrected chi connectivity index (χ0v) is 55.3. The minimum Gasteiger partial charge on any atom is -0.394 e. The summed E-state index contributed by atoms with van der Waals surface area (Å²) in [7, 11) is 0. The van der Waals surface area contributed by atoms with Crippen LogP contribution in [0.3, 0.4) is 0 Å². The van der Waals surface area contributed by atoms with Crippen molar-refractivity contribution in [2.24, 2.45) is 0 Å². The number of amides is 1. The maximum atomic E-state index is 12.5. The Morgan fingerprint density at radius 1 is 0.284 bits per heavy atom. The van der Waals surface area contributed by atoms with Gasteiger partial charge in [0.05, 0.1) is 18.8 Å². The van der Waals surface area contributed by atoms with Gasteiger partial charge in [-0.1, -0.05) is 390 Å². The second-order valence-electron chi connectivity index (χ2n) is 25.7. The summed E-state index contributed by atoms with van der Waals surface area (Å²) in [6.45, 7) is 4.34. The summed E-state index contributed by atoms with van der Waals surface area (Å²) >= 11 is 0. The van der Waals surface area contributed by atoms with E-state index in [0.717, 1.165) is 38.5 Å². The van der Waals surface area contributed by atoms with E-state index in [-0.39, 0.29) is 12.5 Å². The molecule has 0 aliphatic rings. The molecule has 0 aromatic rings. The van der Waals surface area contributed by atoms with E-state index in [1.165, 1.54) is 360 Å². The van der Waals surface area contributed by atoms with Gasteiger partial charge >= 0.3 is 0 Å². The van der Waals surface area contributed by atoms with Gasteiger partial charge in [0.15, 0.2) is 0 Å². The molecule has 0 aliphatic heterocycles. The first kappa shape index (κ1) is 79.3. The molecular weight excluding hydrogens is 987 g/mol. The summed E-state index contributed by atoms with van der Waals surface area (Å²) < 4.78 is 0. The molecule has 81 heavy (non-hydrogen) atoms. The van der Waals surface area contributed by atoms with Crippen molar-refractivity contribution in [3.63, 3.8) is 0 Å². The average molecular weight is 1140 g/mol. The lowest BCUT2D eigenvalue weighted by molar-refractivity contribution is -0.123. The smallest absolute Gasteiger partial charge is 0.220 e. The van der Waals surface area contributed by atoms with E-state index in [1.807, 2.05) is 6.08 Å². The van der Waals surface area contributed by atoms with Gasteiger partial charge in [-0.3, -0.25) is 4.79 Å². The molecule has 0 rings (SSSR count). The second-order valence-corrected chi connectivity index (χ2v) is 25.7. The molecule has 4 heteroatoms. The molecule has 0 radical (unpaired) electrons. The monoisotopic (exact) mass is 1130 g/mol. The number of aliphatic hydroxyl groups is 2. The van der Waals surface area contributed by atoms with E-state index in [9.17, 15) is 15.0 Å². The predicted octanol–water partition coefficient (Wildman–Crippen LogP) is 25.7. The van der Waals surface area contributed by atoms with Crippen molar-refractivity contribution in [2.75, 3.05) is 6.61 Å². The lowest BCUT2D eigenvalue weighted by atomic mass is 10.0. The summed E-state index contributed by atoms with van der Waals surface area (Å²) in [5.74, 6) is -0.0697. The molecule has 2 atom stereocenters. The van der Waals surface area contributed by atoms with Crippen LogP contribution in [0.5, 0.6) is 0 Å². The molecule has 2 unspecified atom stereocenters. The number of allylic oxidation sites excluding steroid dienone is 7. The number of hydrogen-bond donors (Lipinski definition) is 3. The standard InChI is InChI=1S/C77H147NO3/c1-3-5-7-9-11-13-15-17-19-21-23-25-27-29-31-33-34-35-36-37-38-39-40-41-42-43-44-45-47-49-51-53-55-57-59-61-63-65-67-69-71-73-77(81)78-75(74-79)76(80)72-70-68-66-64-62-60-58-56-54-52-50-48-46-32-30-28-26-24-22-20-18-16-14-12-10-8-6-4-2/h21,23,54,56,62,64,70,72,75-76,79-80H,3-20,22,24-53,55,57-61,63,65-69,71,73-74H2,1-2H3,(H,78,81)/b23-21-,56-54+,64-62+,72-70+. The summed E-state index contributed by atoms with van der Waals surface area (Å²) in [5, 5.41) is 23.3. The Kier molecular flexibility index (Phi) is 71.1. The number of nitrogens with one attached hydrogen (secondary N) is 1. The highest BCUT2D eigenvalue weighted by Gasteiger charge is 2.18. The molecule has 0 aromatic heterocycles. The van der Waals surface area contributed by atoms with Gasteiger partial charge in [0.2, 0.25) is 5.91 Å². The predicted molar refractivity (Wildman–Crippen MR) is 364 cm³/mol. The maximum Gasteiger partial charge on any atom is 0.220 e. The molecule has 0 heterocycles. The summed E-state index contributed by atoms with van der Waals surface area (Å²) in [4.78, 5) is 12.5. The van der Waals surface area contributed by atoms with Gasteiger partial charge < -0.3 is 15.5 Å². The fourth-order valence-electron chi connectivity index (χ4n) is 11.9. The minimum absolute atomic E-state index is 0.0697. The van der Waals surface area contributed by atoms with Gasteiger partial charge in [0.25, 0.3) is 0 Å². The van der Waals surface area contributed by atoms with Crippen LogP contribution in [0.2, 0.25) is 0 Å². The molecule has 0 fully saturated rings. The van der Waals surface area contributed by atoms with Crippen molar-refractivity contribution in [3.8, 4) is 0 Å². The van der Waals surface area contributed by atoms with Crippen molar-refractivity contribution in [3.05, 3.63) is 48.6 Å². The van der Waals surface area contributed by atoms with Crippen molar-refractivity contribution in [2.45, 2.75) is 431 Å². The Balaban J connectivity index is 3.42. The van der Waals surface area contributed by atoms with Crippen molar-refractivity contribution in [1.82, 2.24) is 5.32 Å². The lowest BCUT2D eigenvalue weighted by Crippen LogP contribution is -2.45. The molecular formula is C77H147NO3. The largest absolute Gasteiger partial charge is 0.394 e. The number of unbranched alkanes of at least 4 members (excludes halogenated alkanes) is 57. The van der Waals surface area contributed by atoms with E-state index in [0.29, 0.717) is 6.42 Å². The highest BCUT2D eigenvalue weighted by Crippen LogP contribution is 2.19. The Morgan fingerprint density at radius 3 is 0.716 bits per heavy atom. The van der Waals surface area contributed by atoms with E-state index in [2.05, 4.69) is 55.6 Å². The topological polar surface area (TPSA) is 69.6 Å². The highest BCUT2D eigenvalue weighted by molar-refractivity contribution is 5.76. The van der Waals surface area contributed by atoms with E-state index < -0.39 is 12.1 Å². The van der Waals surface area contributed by atoms with Gasteiger partial charge in [0.1, 0.15) is 0 Å². The SMILES string of the molecule is CCCCCCCCCC/C=C\CCCCCCCCCCCCCCCCCCCCCCCCCCCCCCCC(=O)NC(CO)C(O)/C=C/CC/C=C/CC/C=C/CCCCCCCCCCCCCCCCCCCC. The molecule has 4 nitrogen and oxygen atoms in total. The average Bonchev–Trinajstić information content (AvgIpc) is 3.47. The first-order chi connectivity index (χ1) is 40.2. The van der Waals surface area contributed by atoms with E-state index in [1.54, 1.807) is 6.08 Å². The highest BCUT2D eigenvalue weighted by atomic mass is 16.3. The molecule has 3 N–H and O–H groups in total. The van der Waals surface area contributed by atoms with Gasteiger partial charge in [-0.15, -0.1) is 0 Å². The third-order valence-electron chi connectivity index (χ3n) is 17.5. The van der Waals surface area contributed by atoms with Crippen molar-refractivity contribution < 1.29 is 15.0 Å². The normalized spacial score (nSPS) is 12.9. The zero-order chi connectivity index (χ0) is 58.4. The first-order valence-electron chi connectivity index (χ1n) is 37.4. The van der Waals surface area contributed by atoms with Crippen LogP contribution >= 0.6 is 0 Å². The fraction of sp³-hybridized carbons (Fsp3) is 0.883. The van der Waals surface area contributed by atoms with Crippen LogP contribution in [0.1, 0.15) is 418 Å². The van der Waals surface area contributed by atoms with Crippen LogP contribution in [0, 0.1) is 0 Å². The van der Waals surface area contributed by atoms with Crippen LogP contribution in [-0.2, 0) is 4.79 Å². The van der Waals surface area contributed by atoms with Crippen LogP contribution in [0.4, 0.5) is 0 Å². The van der Waals surface area contributed by atoms with Gasteiger partial charge in [-0.2, -0.15) is 0 Å². The van der Waals surface area contributed by atoms with Gasteiger partial charge in [-0.05, 0) is 70.6 Å². The second kappa shape index (κ2) is 72.6. The fourth-order valence-corrected chi connectivity index (χ4v) is 11.9. The first-order valence-corrected chi connectivity index (χ1v) is 37.4. The third kappa shape index (κ3) is 69.0. The van der Waals surface area contributed by atoms with Gasteiger partial charge in [0, 0.05) is 6.42 Å². The maximum absolute atomic E-state index is 12.5. The number of carbonyl (C=O) groups excluding carboxylic acids is 1. The summed E-state index contributed by atoms with van der Waals surface area (Å²) in [6, 6.07) is -0.647. The molecule has 0 saturated heterocycles. The Bertz CT molecular complexity index is 1290. The number of carbonyl (C=O) groups is 1. The quantitative estimate of drug-likeness (QED) is 0.0420. The van der Waals surface area contributed by atoms with Crippen LogP contribution in [0.15, 0.2) is 48.6 Å². The number of hydrogen-bond acceptors (Lipinski definition) is 3. The van der Waals surface area contributed by atoms with Crippen molar-refractivity contribution >= 4 is 5.91 Å². The third-order valence-corrected chi connectivity index (χ3v) is 17.5. The molecule has 0 aromatic carbocycles. The van der Waals surface area contributed by atoms with E-state index in [4.69, 9.17) is 0 Å². The Hall–Kier alpha value is -1.65. The Morgan fingerprint density at radius 2 is 0.481 bits per heavy atom. The molecule has 1 amide bonds.